The Labute approximate surface area is 145 Å². The van der Waals surface area contributed by atoms with Gasteiger partial charge in [0.15, 0.2) is 5.96 Å². The van der Waals surface area contributed by atoms with Crippen molar-refractivity contribution < 1.29 is 17.9 Å². The van der Waals surface area contributed by atoms with E-state index in [4.69, 9.17) is 4.74 Å². The zero-order chi connectivity index (χ0) is 18.4. The fourth-order valence-electron chi connectivity index (χ4n) is 1.87. The SMILES string of the molecule is CN=C(NCc1ccc(OC)cc1C(F)(F)F)NCC(C)(C)SC. The minimum atomic E-state index is -4.44. The van der Waals surface area contributed by atoms with Crippen molar-refractivity contribution in [3.63, 3.8) is 0 Å². The number of hydrogen-bond donors (Lipinski definition) is 2. The molecule has 8 heteroatoms. The van der Waals surface area contributed by atoms with Gasteiger partial charge < -0.3 is 15.4 Å². The molecule has 2 N–H and O–H groups in total. The fourth-order valence-corrected chi connectivity index (χ4v) is 2.09. The first-order chi connectivity index (χ1) is 11.1. The predicted octanol–water partition coefficient (Wildman–Crippen LogP) is 3.52. The van der Waals surface area contributed by atoms with Crippen molar-refractivity contribution in [3.8, 4) is 5.75 Å². The Morgan fingerprint density at radius 1 is 1.25 bits per heavy atom. The van der Waals surface area contributed by atoms with Gasteiger partial charge in [-0.15, -0.1) is 0 Å². The highest BCUT2D eigenvalue weighted by Gasteiger charge is 2.33. The molecule has 0 amide bonds. The number of aliphatic imine (C=N–C) groups is 1. The van der Waals surface area contributed by atoms with Crippen LogP contribution in [0.4, 0.5) is 13.2 Å². The minimum Gasteiger partial charge on any atom is -0.497 e. The zero-order valence-corrected chi connectivity index (χ0v) is 15.4. The molecule has 0 aliphatic carbocycles. The molecule has 136 valence electrons. The summed E-state index contributed by atoms with van der Waals surface area (Å²) in [6.07, 6.45) is -2.44. The van der Waals surface area contributed by atoms with Crippen molar-refractivity contribution in [3.05, 3.63) is 29.3 Å². The van der Waals surface area contributed by atoms with Crippen molar-refractivity contribution in [2.24, 2.45) is 4.99 Å². The van der Waals surface area contributed by atoms with Gasteiger partial charge in [0.05, 0.1) is 12.7 Å². The number of methoxy groups -OCH3 is 1. The van der Waals surface area contributed by atoms with Gasteiger partial charge in [0.25, 0.3) is 0 Å². The molecule has 1 rings (SSSR count). The highest BCUT2D eigenvalue weighted by Crippen LogP contribution is 2.34. The Morgan fingerprint density at radius 2 is 1.92 bits per heavy atom. The second kappa shape index (κ2) is 8.50. The van der Waals surface area contributed by atoms with Crippen molar-refractivity contribution in [1.29, 1.82) is 0 Å². The molecule has 0 aliphatic rings. The number of halogens is 3. The van der Waals surface area contributed by atoms with E-state index >= 15 is 0 Å². The van der Waals surface area contributed by atoms with Crippen LogP contribution in [-0.2, 0) is 12.7 Å². The van der Waals surface area contributed by atoms with Gasteiger partial charge in [-0.25, -0.2) is 0 Å². The number of hydrogen-bond acceptors (Lipinski definition) is 3. The van der Waals surface area contributed by atoms with E-state index in [1.54, 1.807) is 18.8 Å². The van der Waals surface area contributed by atoms with E-state index in [1.807, 2.05) is 6.26 Å². The molecular weight excluding hydrogens is 339 g/mol. The summed E-state index contributed by atoms with van der Waals surface area (Å²) in [4.78, 5) is 4.05. The van der Waals surface area contributed by atoms with Gasteiger partial charge in [-0.2, -0.15) is 24.9 Å². The summed E-state index contributed by atoms with van der Waals surface area (Å²) in [6, 6.07) is 3.93. The summed E-state index contributed by atoms with van der Waals surface area (Å²) in [7, 11) is 2.92. The van der Waals surface area contributed by atoms with Crippen molar-refractivity contribution in [2.75, 3.05) is 27.0 Å². The van der Waals surface area contributed by atoms with Gasteiger partial charge in [-0.1, -0.05) is 6.07 Å². The van der Waals surface area contributed by atoms with Crippen LogP contribution in [0.2, 0.25) is 0 Å². The normalized spacial score (nSPS) is 12.9. The highest BCUT2D eigenvalue weighted by molar-refractivity contribution is 7.99. The molecule has 0 fully saturated rings. The molecule has 0 aliphatic heterocycles. The average molecular weight is 363 g/mol. The minimum absolute atomic E-state index is 0.00510. The van der Waals surface area contributed by atoms with Gasteiger partial charge in [-0.05, 0) is 37.8 Å². The topological polar surface area (TPSA) is 45.7 Å². The zero-order valence-electron chi connectivity index (χ0n) is 14.5. The largest absolute Gasteiger partial charge is 0.497 e. The maximum absolute atomic E-state index is 13.2. The summed E-state index contributed by atoms with van der Waals surface area (Å²) in [5.74, 6) is 0.636. The average Bonchev–Trinajstić information content (AvgIpc) is 2.54. The molecule has 0 bridgehead atoms. The molecule has 0 heterocycles. The van der Waals surface area contributed by atoms with E-state index in [0.29, 0.717) is 12.5 Å². The van der Waals surface area contributed by atoms with Crippen LogP contribution < -0.4 is 15.4 Å². The molecule has 0 saturated heterocycles. The summed E-state index contributed by atoms with van der Waals surface area (Å²) in [5.41, 5.74) is -0.579. The number of benzene rings is 1. The monoisotopic (exact) mass is 363 g/mol. The van der Waals surface area contributed by atoms with E-state index in [2.05, 4.69) is 29.5 Å². The van der Waals surface area contributed by atoms with Crippen LogP contribution in [0, 0.1) is 0 Å². The van der Waals surface area contributed by atoms with E-state index in [1.165, 1.54) is 19.2 Å². The van der Waals surface area contributed by atoms with E-state index in [9.17, 15) is 13.2 Å². The van der Waals surface area contributed by atoms with Crippen molar-refractivity contribution >= 4 is 17.7 Å². The second-order valence-electron chi connectivity index (χ2n) is 5.76. The lowest BCUT2D eigenvalue weighted by atomic mass is 10.1. The van der Waals surface area contributed by atoms with Crippen molar-refractivity contribution in [1.82, 2.24) is 10.6 Å². The van der Waals surface area contributed by atoms with E-state index in [0.717, 1.165) is 6.07 Å². The molecule has 0 radical (unpaired) electrons. The first-order valence-corrected chi connectivity index (χ1v) is 8.59. The van der Waals surface area contributed by atoms with Gasteiger partial charge in [-0.3, -0.25) is 4.99 Å². The number of ether oxygens (including phenoxy) is 1. The van der Waals surface area contributed by atoms with Crippen LogP contribution in [0.1, 0.15) is 25.0 Å². The summed E-state index contributed by atoms with van der Waals surface area (Å²) < 4.78 is 44.4. The van der Waals surface area contributed by atoms with Crippen LogP contribution in [0.25, 0.3) is 0 Å². The highest BCUT2D eigenvalue weighted by atomic mass is 32.2. The summed E-state index contributed by atoms with van der Waals surface area (Å²) in [6.45, 7) is 4.80. The molecule has 4 nitrogen and oxygen atoms in total. The number of alkyl halides is 3. The molecule has 1 aromatic rings. The van der Waals surface area contributed by atoms with Gasteiger partial charge in [0.2, 0.25) is 0 Å². The third kappa shape index (κ3) is 6.14. The number of nitrogens with one attached hydrogen (secondary N) is 2. The smallest absolute Gasteiger partial charge is 0.416 e. The Morgan fingerprint density at radius 3 is 2.42 bits per heavy atom. The molecule has 0 spiro atoms. The quantitative estimate of drug-likeness (QED) is 0.600. The number of rotatable bonds is 6. The molecule has 1 aromatic carbocycles. The maximum atomic E-state index is 13.2. The van der Waals surface area contributed by atoms with Crippen LogP contribution in [0.3, 0.4) is 0 Å². The lowest BCUT2D eigenvalue weighted by molar-refractivity contribution is -0.138. The maximum Gasteiger partial charge on any atom is 0.416 e. The third-order valence-corrected chi connectivity index (χ3v) is 4.78. The lowest BCUT2D eigenvalue weighted by Gasteiger charge is -2.24. The first-order valence-electron chi connectivity index (χ1n) is 7.36. The van der Waals surface area contributed by atoms with Gasteiger partial charge in [0, 0.05) is 24.9 Å². The summed E-state index contributed by atoms with van der Waals surface area (Å²) in [5, 5.41) is 6.04. The van der Waals surface area contributed by atoms with Gasteiger partial charge >= 0.3 is 6.18 Å². The number of nitrogens with zero attached hydrogens (tertiary/aromatic N) is 1. The molecular formula is C16H24F3N3OS. The molecule has 0 aromatic heterocycles. The predicted molar refractivity (Wildman–Crippen MR) is 93.8 cm³/mol. The van der Waals surface area contributed by atoms with E-state index < -0.39 is 11.7 Å². The second-order valence-corrected chi connectivity index (χ2v) is 7.28. The number of guanidine groups is 1. The third-order valence-electron chi connectivity index (χ3n) is 3.53. The summed E-state index contributed by atoms with van der Waals surface area (Å²) >= 11 is 1.70. The standard InChI is InChI=1S/C16H24F3N3OS/c1-15(2,24-5)10-22-14(20-3)21-9-11-6-7-12(23-4)8-13(11)16(17,18)19/h6-8H,9-10H2,1-5H3,(H2,20,21,22). The molecule has 0 atom stereocenters. The Bertz CT molecular complexity index is 574. The lowest BCUT2D eigenvalue weighted by Crippen LogP contribution is -2.43. The fraction of sp³-hybridized carbons (Fsp3) is 0.562. The Hall–Kier alpha value is -1.57. The molecule has 0 saturated carbocycles. The van der Waals surface area contributed by atoms with Crippen LogP contribution in [0.15, 0.2) is 23.2 Å². The Kier molecular flexibility index (Phi) is 7.26. The number of thioether (sulfide) groups is 1. The molecule has 0 unspecified atom stereocenters. The van der Waals surface area contributed by atoms with Crippen LogP contribution in [-0.4, -0.2) is 37.7 Å². The van der Waals surface area contributed by atoms with Crippen LogP contribution >= 0.6 is 11.8 Å². The molecule has 24 heavy (non-hydrogen) atoms. The van der Waals surface area contributed by atoms with Crippen LogP contribution in [0.5, 0.6) is 5.75 Å². The Balaban J connectivity index is 2.82. The first kappa shape index (κ1) is 20.5. The van der Waals surface area contributed by atoms with Crippen molar-refractivity contribution in [2.45, 2.75) is 31.3 Å². The van der Waals surface area contributed by atoms with E-state index in [-0.39, 0.29) is 22.6 Å². The van der Waals surface area contributed by atoms with Gasteiger partial charge in [0.1, 0.15) is 5.75 Å².